The summed E-state index contributed by atoms with van der Waals surface area (Å²) in [7, 11) is 0. The van der Waals surface area contributed by atoms with E-state index in [1.54, 1.807) is 0 Å². The number of piperazine rings is 1. The van der Waals surface area contributed by atoms with E-state index in [4.69, 9.17) is 0 Å². The van der Waals surface area contributed by atoms with Crippen LogP contribution in [0.15, 0.2) is 0 Å². The Morgan fingerprint density at radius 2 is 1.68 bits per heavy atom. The zero-order valence-corrected chi connectivity index (χ0v) is 13.0. The fraction of sp³-hybridized carbons (Fsp3) is 0.938. The lowest BCUT2D eigenvalue weighted by atomic mass is 9.78. The number of rotatable bonds is 1. The van der Waals surface area contributed by atoms with Gasteiger partial charge in [0.25, 0.3) is 0 Å². The lowest BCUT2D eigenvalue weighted by molar-refractivity contribution is 0.0174. The average Bonchev–Trinajstić information content (AvgIpc) is 2.38. The summed E-state index contributed by atoms with van der Waals surface area (Å²) in [5, 5.41) is 9.37. The molecular formula is C16H29N3. The molecule has 1 aliphatic heterocycles. The van der Waals surface area contributed by atoms with Crippen molar-refractivity contribution in [1.29, 1.82) is 5.26 Å². The summed E-state index contributed by atoms with van der Waals surface area (Å²) in [4.78, 5) is 5.16. The highest BCUT2D eigenvalue weighted by atomic mass is 15.3. The molecule has 0 bridgehead atoms. The molecule has 0 aromatic carbocycles. The molecule has 1 saturated carbocycles. The summed E-state index contributed by atoms with van der Waals surface area (Å²) >= 11 is 0. The Labute approximate surface area is 118 Å². The molecule has 108 valence electrons. The van der Waals surface area contributed by atoms with Crippen molar-refractivity contribution in [2.75, 3.05) is 26.2 Å². The second-order valence-electron chi connectivity index (χ2n) is 7.42. The largest absolute Gasteiger partial charge is 0.297 e. The quantitative estimate of drug-likeness (QED) is 0.729. The molecule has 0 spiro atoms. The van der Waals surface area contributed by atoms with Gasteiger partial charge in [0.05, 0.1) is 12.0 Å². The number of nitrogens with zero attached hydrogens (tertiary/aromatic N) is 3. The molecule has 3 nitrogen and oxygen atoms in total. The Hall–Kier alpha value is -0.590. The first kappa shape index (κ1) is 14.8. The molecule has 3 heteroatoms. The number of hydrogen-bond donors (Lipinski definition) is 0. The summed E-state index contributed by atoms with van der Waals surface area (Å²) < 4.78 is 0. The van der Waals surface area contributed by atoms with Crippen LogP contribution in [0.1, 0.15) is 47.0 Å². The lowest BCUT2D eigenvalue weighted by Gasteiger charge is -2.47. The molecule has 0 aromatic heterocycles. The van der Waals surface area contributed by atoms with E-state index in [9.17, 15) is 5.26 Å². The highest BCUT2D eigenvalue weighted by Gasteiger charge is 2.35. The molecule has 1 heterocycles. The Bertz CT molecular complexity index is 331. The van der Waals surface area contributed by atoms with Gasteiger partial charge in [-0.25, -0.2) is 0 Å². The third kappa shape index (κ3) is 3.49. The molecule has 3 atom stereocenters. The van der Waals surface area contributed by atoms with E-state index >= 15 is 0 Å². The van der Waals surface area contributed by atoms with Crippen LogP contribution >= 0.6 is 0 Å². The standard InChI is InChI=1S/C16H29N3/c1-13-5-6-14(12-17)15(11-13)18-7-9-19(10-8-18)16(2,3)4/h13-15H,5-11H2,1-4H3. The maximum absolute atomic E-state index is 9.37. The van der Waals surface area contributed by atoms with Crippen LogP contribution in [0, 0.1) is 23.2 Å². The SMILES string of the molecule is CC1CCC(C#N)C(N2CCN(C(C)(C)C)CC2)C1. The van der Waals surface area contributed by atoms with Crippen LogP contribution in [-0.2, 0) is 0 Å². The Morgan fingerprint density at radius 1 is 1.05 bits per heavy atom. The molecule has 3 unspecified atom stereocenters. The van der Waals surface area contributed by atoms with Crippen molar-refractivity contribution >= 4 is 0 Å². The normalized spacial score (nSPS) is 35.0. The van der Waals surface area contributed by atoms with E-state index < -0.39 is 0 Å². The molecule has 2 rings (SSSR count). The third-order valence-electron chi connectivity index (χ3n) is 4.98. The zero-order valence-electron chi connectivity index (χ0n) is 13.0. The van der Waals surface area contributed by atoms with Gasteiger partial charge < -0.3 is 0 Å². The van der Waals surface area contributed by atoms with Gasteiger partial charge in [-0.3, -0.25) is 9.80 Å². The second-order valence-corrected chi connectivity index (χ2v) is 7.42. The van der Waals surface area contributed by atoms with Crippen molar-refractivity contribution in [2.45, 2.75) is 58.5 Å². The van der Waals surface area contributed by atoms with E-state index in [1.807, 2.05) is 0 Å². The summed E-state index contributed by atoms with van der Waals surface area (Å²) in [5.41, 5.74) is 0.278. The highest BCUT2D eigenvalue weighted by molar-refractivity contribution is 4.98. The molecule has 0 aromatic rings. The first-order chi connectivity index (χ1) is 8.91. The van der Waals surface area contributed by atoms with E-state index in [-0.39, 0.29) is 11.5 Å². The molecule has 0 radical (unpaired) electrons. The van der Waals surface area contributed by atoms with Crippen molar-refractivity contribution in [3.8, 4) is 6.07 Å². The molecule has 1 saturated heterocycles. The summed E-state index contributed by atoms with van der Waals surface area (Å²) in [6.07, 6.45) is 3.55. The van der Waals surface area contributed by atoms with Crippen LogP contribution in [0.4, 0.5) is 0 Å². The minimum absolute atomic E-state index is 0.261. The molecule has 2 fully saturated rings. The van der Waals surface area contributed by atoms with Crippen molar-refractivity contribution < 1.29 is 0 Å². The van der Waals surface area contributed by atoms with Crippen LogP contribution in [0.2, 0.25) is 0 Å². The monoisotopic (exact) mass is 263 g/mol. The van der Waals surface area contributed by atoms with Crippen molar-refractivity contribution in [3.63, 3.8) is 0 Å². The topological polar surface area (TPSA) is 30.3 Å². The van der Waals surface area contributed by atoms with Crippen LogP contribution < -0.4 is 0 Å². The molecule has 0 amide bonds. The van der Waals surface area contributed by atoms with E-state index in [0.29, 0.717) is 6.04 Å². The summed E-state index contributed by atoms with van der Waals surface area (Å²) in [6.45, 7) is 13.8. The third-order valence-corrected chi connectivity index (χ3v) is 4.98. The fourth-order valence-electron chi connectivity index (χ4n) is 3.63. The van der Waals surface area contributed by atoms with E-state index in [0.717, 1.165) is 38.5 Å². The highest BCUT2D eigenvalue weighted by Crippen LogP contribution is 2.32. The second kappa shape index (κ2) is 5.81. The molecule has 2 aliphatic rings. The Morgan fingerprint density at radius 3 is 2.21 bits per heavy atom. The van der Waals surface area contributed by atoms with Gasteiger partial charge in [-0.2, -0.15) is 5.26 Å². The summed E-state index contributed by atoms with van der Waals surface area (Å²) in [5.74, 6) is 1.05. The van der Waals surface area contributed by atoms with Crippen molar-refractivity contribution in [1.82, 2.24) is 9.80 Å². The van der Waals surface area contributed by atoms with Crippen LogP contribution in [-0.4, -0.2) is 47.6 Å². The van der Waals surface area contributed by atoms with Crippen molar-refractivity contribution in [3.05, 3.63) is 0 Å². The lowest BCUT2D eigenvalue weighted by Crippen LogP contribution is -2.57. The van der Waals surface area contributed by atoms with E-state index in [2.05, 4.69) is 43.6 Å². The molecule has 0 N–H and O–H groups in total. The number of nitriles is 1. The van der Waals surface area contributed by atoms with Gasteiger partial charge in [-0.15, -0.1) is 0 Å². The predicted octanol–water partition coefficient (Wildman–Crippen LogP) is 2.73. The smallest absolute Gasteiger partial charge is 0.0672 e. The van der Waals surface area contributed by atoms with Crippen LogP contribution in [0.3, 0.4) is 0 Å². The minimum Gasteiger partial charge on any atom is -0.297 e. The zero-order chi connectivity index (χ0) is 14.0. The number of hydrogen-bond acceptors (Lipinski definition) is 3. The van der Waals surface area contributed by atoms with Gasteiger partial charge in [0, 0.05) is 37.8 Å². The first-order valence-corrected chi connectivity index (χ1v) is 7.80. The Kier molecular flexibility index (Phi) is 4.53. The maximum atomic E-state index is 9.37. The molecule has 1 aliphatic carbocycles. The van der Waals surface area contributed by atoms with Gasteiger partial charge in [0.15, 0.2) is 0 Å². The van der Waals surface area contributed by atoms with Crippen LogP contribution in [0.25, 0.3) is 0 Å². The van der Waals surface area contributed by atoms with E-state index in [1.165, 1.54) is 12.8 Å². The minimum atomic E-state index is 0.261. The Balaban J connectivity index is 1.94. The van der Waals surface area contributed by atoms with Gasteiger partial charge in [0.2, 0.25) is 0 Å². The van der Waals surface area contributed by atoms with Gasteiger partial charge >= 0.3 is 0 Å². The van der Waals surface area contributed by atoms with Gasteiger partial charge in [-0.05, 0) is 46.0 Å². The molecular weight excluding hydrogens is 234 g/mol. The predicted molar refractivity (Wildman–Crippen MR) is 78.8 cm³/mol. The fourth-order valence-corrected chi connectivity index (χ4v) is 3.63. The van der Waals surface area contributed by atoms with Crippen molar-refractivity contribution in [2.24, 2.45) is 11.8 Å². The summed E-state index contributed by atoms with van der Waals surface area (Å²) in [6, 6.07) is 3.07. The maximum Gasteiger partial charge on any atom is 0.0672 e. The van der Waals surface area contributed by atoms with Gasteiger partial charge in [-0.1, -0.05) is 6.92 Å². The molecule has 19 heavy (non-hydrogen) atoms. The van der Waals surface area contributed by atoms with Gasteiger partial charge in [0.1, 0.15) is 0 Å². The van der Waals surface area contributed by atoms with Crippen LogP contribution in [0.5, 0.6) is 0 Å². The average molecular weight is 263 g/mol. The first-order valence-electron chi connectivity index (χ1n) is 7.80.